The molecule has 1 N–H and O–H groups in total. The standard InChI is InChI=1S/C12H21NO4/c1-6-7-9(8-10(14)16-5)13-11(15)17-12(2,3)4/h6,9H,1,7-8H2,2-5H3,(H,13,15)/t9-/m1/s1. The molecule has 0 aromatic heterocycles. The van der Waals surface area contributed by atoms with Gasteiger partial charge in [0.05, 0.1) is 13.5 Å². The molecule has 0 aliphatic heterocycles. The van der Waals surface area contributed by atoms with Crippen LogP contribution in [0.1, 0.15) is 33.6 Å². The molecule has 0 radical (unpaired) electrons. The summed E-state index contributed by atoms with van der Waals surface area (Å²) < 4.78 is 9.64. The van der Waals surface area contributed by atoms with Crippen LogP contribution >= 0.6 is 0 Å². The number of methoxy groups -OCH3 is 1. The summed E-state index contributed by atoms with van der Waals surface area (Å²) in [4.78, 5) is 22.6. The van der Waals surface area contributed by atoms with E-state index in [1.165, 1.54) is 7.11 Å². The van der Waals surface area contributed by atoms with E-state index in [2.05, 4.69) is 16.6 Å². The van der Waals surface area contributed by atoms with E-state index < -0.39 is 11.7 Å². The van der Waals surface area contributed by atoms with E-state index in [-0.39, 0.29) is 18.4 Å². The Morgan fingerprint density at radius 1 is 1.41 bits per heavy atom. The minimum atomic E-state index is -0.561. The number of amides is 1. The normalized spacial score (nSPS) is 12.5. The van der Waals surface area contributed by atoms with E-state index in [4.69, 9.17) is 4.74 Å². The molecular formula is C12H21NO4. The average Bonchev–Trinajstić information content (AvgIpc) is 2.14. The second-order valence-corrected chi connectivity index (χ2v) is 4.65. The van der Waals surface area contributed by atoms with Crippen LogP contribution in [-0.4, -0.2) is 30.8 Å². The molecule has 0 aliphatic carbocycles. The van der Waals surface area contributed by atoms with Gasteiger partial charge in [0.25, 0.3) is 0 Å². The van der Waals surface area contributed by atoms with Gasteiger partial charge in [0.15, 0.2) is 0 Å². The van der Waals surface area contributed by atoms with Gasteiger partial charge in [-0.15, -0.1) is 6.58 Å². The van der Waals surface area contributed by atoms with E-state index in [1.54, 1.807) is 26.8 Å². The fourth-order valence-electron chi connectivity index (χ4n) is 1.15. The number of alkyl carbamates (subject to hydrolysis) is 1. The number of carbonyl (C=O) groups excluding carboxylic acids is 2. The highest BCUT2D eigenvalue weighted by Gasteiger charge is 2.20. The first-order valence-electron chi connectivity index (χ1n) is 5.45. The molecular weight excluding hydrogens is 222 g/mol. The Hall–Kier alpha value is -1.52. The number of nitrogens with one attached hydrogen (secondary N) is 1. The Kier molecular flexibility index (Phi) is 6.31. The molecule has 0 saturated heterocycles. The molecule has 0 aromatic rings. The zero-order valence-electron chi connectivity index (χ0n) is 10.9. The second-order valence-electron chi connectivity index (χ2n) is 4.65. The first-order chi connectivity index (χ1) is 7.78. The third kappa shape index (κ3) is 8.30. The van der Waals surface area contributed by atoms with Gasteiger partial charge in [0, 0.05) is 6.04 Å². The van der Waals surface area contributed by atoms with Crippen molar-refractivity contribution in [3.63, 3.8) is 0 Å². The molecule has 1 atom stereocenters. The van der Waals surface area contributed by atoms with Gasteiger partial charge < -0.3 is 14.8 Å². The number of hydrogen-bond acceptors (Lipinski definition) is 4. The van der Waals surface area contributed by atoms with Crippen molar-refractivity contribution >= 4 is 12.1 Å². The van der Waals surface area contributed by atoms with E-state index in [0.717, 1.165) is 0 Å². The fraction of sp³-hybridized carbons (Fsp3) is 0.667. The van der Waals surface area contributed by atoms with Gasteiger partial charge in [-0.25, -0.2) is 4.79 Å². The Morgan fingerprint density at radius 3 is 2.41 bits per heavy atom. The number of ether oxygens (including phenoxy) is 2. The van der Waals surface area contributed by atoms with Crippen molar-refractivity contribution in [3.05, 3.63) is 12.7 Å². The van der Waals surface area contributed by atoms with Crippen molar-refractivity contribution in [2.75, 3.05) is 7.11 Å². The summed E-state index contributed by atoms with van der Waals surface area (Å²) in [6.07, 6.45) is 1.66. The Bertz CT molecular complexity index is 281. The second kappa shape index (κ2) is 6.93. The molecule has 1 amide bonds. The summed E-state index contributed by atoms with van der Waals surface area (Å²) in [7, 11) is 1.31. The number of hydrogen-bond donors (Lipinski definition) is 1. The lowest BCUT2D eigenvalue weighted by atomic mass is 10.1. The largest absolute Gasteiger partial charge is 0.469 e. The quantitative estimate of drug-likeness (QED) is 0.592. The first kappa shape index (κ1) is 15.5. The third-order valence-electron chi connectivity index (χ3n) is 1.81. The predicted octanol–water partition coefficient (Wildman–Crippen LogP) is 2.02. The maximum atomic E-state index is 11.5. The van der Waals surface area contributed by atoms with Gasteiger partial charge in [-0.1, -0.05) is 6.08 Å². The Balaban J connectivity index is 4.29. The molecule has 17 heavy (non-hydrogen) atoms. The molecule has 98 valence electrons. The molecule has 0 fully saturated rings. The van der Waals surface area contributed by atoms with E-state index in [0.29, 0.717) is 6.42 Å². The zero-order chi connectivity index (χ0) is 13.5. The molecule has 0 saturated carbocycles. The zero-order valence-corrected chi connectivity index (χ0v) is 10.9. The summed E-state index contributed by atoms with van der Waals surface area (Å²) in [6, 6.07) is -0.352. The van der Waals surface area contributed by atoms with Gasteiger partial charge in [0.2, 0.25) is 0 Å². The third-order valence-corrected chi connectivity index (χ3v) is 1.81. The SMILES string of the molecule is C=CC[C@H](CC(=O)OC)NC(=O)OC(C)(C)C. The lowest BCUT2D eigenvalue weighted by Crippen LogP contribution is -2.40. The summed E-state index contributed by atoms with van der Waals surface area (Å²) >= 11 is 0. The van der Waals surface area contributed by atoms with Gasteiger partial charge in [-0.05, 0) is 27.2 Å². The van der Waals surface area contributed by atoms with Crippen LogP contribution in [0.4, 0.5) is 4.79 Å². The van der Waals surface area contributed by atoms with Crippen LogP contribution in [0.3, 0.4) is 0 Å². The average molecular weight is 243 g/mol. The summed E-state index contributed by atoms with van der Waals surface area (Å²) in [6.45, 7) is 8.89. The van der Waals surface area contributed by atoms with Gasteiger partial charge in [0.1, 0.15) is 5.60 Å². The Labute approximate surface area is 102 Å². The molecule has 5 heteroatoms. The lowest BCUT2D eigenvalue weighted by Gasteiger charge is -2.22. The van der Waals surface area contributed by atoms with Crippen LogP contribution in [-0.2, 0) is 14.3 Å². The topological polar surface area (TPSA) is 64.6 Å². The van der Waals surface area contributed by atoms with Crippen LogP contribution in [0.2, 0.25) is 0 Å². The minimum absolute atomic E-state index is 0.0990. The van der Waals surface area contributed by atoms with Crippen molar-refractivity contribution in [2.24, 2.45) is 0 Å². The maximum absolute atomic E-state index is 11.5. The van der Waals surface area contributed by atoms with Crippen molar-refractivity contribution in [1.29, 1.82) is 0 Å². The summed E-state index contributed by atoms with van der Waals surface area (Å²) in [5.74, 6) is -0.382. The molecule has 0 aromatic carbocycles. The molecule has 0 unspecified atom stereocenters. The Morgan fingerprint density at radius 2 is 2.00 bits per heavy atom. The monoisotopic (exact) mass is 243 g/mol. The highest BCUT2D eigenvalue weighted by atomic mass is 16.6. The lowest BCUT2D eigenvalue weighted by molar-refractivity contribution is -0.141. The van der Waals surface area contributed by atoms with Gasteiger partial charge >= 0.3 is 12.1 Å². The van der Waals surface area contributed by atoms with Crippen molar-refractivity contribution in [1.82, 2.24) is 5.32 Å². The van der Waals surface area contributed by atoms with Crippen molar-refractivity contribution in [2.45, 2.75) is 45.3 Å². The number of esters is 1. The highest BCUT2D eigenvalue weighted by molar-refractivity contribution is 5.72. The van der Waals surface area contributed by atoms with Gasteiger partial charge in [-0.3, -0.25) is 4.79 Å². The van der Waals surface area contributed by atoms with Crippen molar-refractivity contribution < 1.29 is 19.1 Å². The summed E-state index contributed by atoms with van der Waals surface area (Å²) in [5, 5.41) is 2.61. The molecule has 0 bridgehead atoms. The van der Waals surface area contributed by atoms with Crippen LogP contribution in [0.25, 0.3) is 0 Å². The molecule has 0 rings (SSSR count). The van der Waals surface area contributed by atoms with E-state index in [9.17, 15) is 9.59 Å². The predicted molar refractivity (Wildman–Crippen MR) is 64.6 cm³/mol. The minimum Gasteiger partial charge on any atom is -0.469 e. The molecule has 0 heterocycles. The van der Waals surface area contributed by atoms with Crippen LogP contribution in [0.15, 0.2) is 12.7 Å². The molecule has 5 nitrogen and oxygen atoms in total. The van der Waals surface area contributed by atoms with Crippen LogP contribution < -0.4 is 5.32 Å². The fourth-order valence-corrected chi connectivity index (χ4v) is 1.15. The molecule has 0 aliphatic rings. The maximum Gasteiger partial charge on any atom is 0.407 e. The highest BCUT2D eigenvalue weighted by Crippen LogP contribution is 2.08. The van der Waals surface area contributed by atoms with Crippen molar-refractivity contribution in [3.8, 4) is 0 Å². The molecule has 0 spiro atoms. The number of rotatable bonds is 5. The van der Waals surface area contributed by atoms with Crippen LogP contribution in [0.5, 0.6) is 0 Å². The first-order valence-corrected chi connectivity index (χ1v) is 5.45. The van der Waals surface area contributed by atoms with E-state index in [1.807, 2.05) is 0 Å². The van der Waals surface area contributed by atoms with Crippen LogP contribution in [0, 0.1) is 0 Å². The van der Waals surface area contributed by atoms with E-state index >= 15 is 0 Å². The smallest absolute Gasteiger partial charge is 0.407 e. The number of carbonyl (C=O) groups is 2. The summed E-state index contributed by atoms with van der Waals surface area (Å²) in [5.41, 5.74) is -0.561. The van der Waals surface area contributed by atoms with Gasteiger partial charge in [-0.2, -0.15) is 0 Å².